The van der Waals surface area contributed by atoms with Gasteiger partial charge in [0, 0.05) is 51.4 Å². The number of hydroxylamine groups is 2. The molecule has 0 aromatic heterocycles. The van der Waals surface area contributed by atoms with Gasteiger partial charge in [-0.2, -0.15) is 0 Å². The Kier molecular flexibility index (Phi) is 12.3. The average Bonchev–Trinajstić information content (AvgIpc) is 3.33. The monoisotopic (exact) mass is 527 g/mol. The lowest BCUT2D eigenvalue weighted by molar-refractivity contribution is -0.197. The molecule has 2 rings (SSSR count). The molecular weight excluding hydrogens is 498 g/mol. The molecule has 14 heteroatoms. The molecule has 0 N–H and O–H groups in total. The normalized spacial score (nSPS) is 15.7. The zero-order valence-electron chi connectivity index (χ0n) is 20.2. The molecule has 0 atom stereocenters. The van der Waals surface area contributed by atoms with Crippen molar-refractivity contribution >= 4 is 47.3 Å². The fourth-order valence-electron chi connectivity index (χ4n) is 3.24. The molecule has 204 valence electrons. The van der Waals surface area contributed by atoms with Crippen molar-refractivity contribution in [3.8, 4) is 0 Å². The van der Waals surface area contributed by atoms with Gasteiger partial charge in [0.15, 0.2) is 11.6 Å². The number of nitrogens with zero attached hydrogens (tertiary/aromatic N) is 1. The minimum atomic E-state index is -1.32. The molecular formula is C23H29NO13. The maximum atomic E-state index is 11.7. The van der Waals surface area contributed by atoms with Gasteiger partial charge in [0.05, 0.1) is 13.2 Å². The Labute approximate surface area is 211 Å². The van der Waals surface area contributed by atoms with Gasteiger partial charge in [0.1, 0.15) is 13.2 Å². The molecule has 1 saturated heterocycles. The van der Waals surface area contributed by atoms with Gasteiger partial charge in [-0.3, -0.25) is 33.6 Å². The second-order valence-corrected chi connectivity index (χ2v) is 8.11. The van der Waals surface area contributed by atoms with Crippen LogP contribution < -0.4 is 0 Å². The summed E-state index contributed by atoms with van der Waals surface area (Å²) >= 11 is 0. The topological polar surface area (TPSA) is 186 Å². The Bertz CT molecular complexity index is 808. The number of amides is 2. The minimum Gasteiger partial charge on any atom is -0.463 e. The van der Waals surface area contributed by atoms with Crippen molar-refractivity contribution in [1.82, 2.24) is 5.06 Å². The Balaban J connectivity index is 1.40. The molecule has 37 heavy (non-hydrogen) atoms. The fourth-order valence-corrected chi connectivity index (χ4v) is 3.24. The third-order valence-electron chi connectivity index (χ3n) is 5.16. The molecule has 1 aliphatic heterocycles. The number of Topliss-reactive ketones (excluding diaryl/α,β-unsaturated/α-hetero) is 2. The molecule has 0 radical (unpaired) electrons. The zero-order chi connectivity index (χ0) is 27.2. The SMILES string of the molecule is O=C(CCCC(=O)OC1C(=O)CCC1=O)OCCOCCOC(=O)CCCC(=O)ON1C(=O)CCC1=O. The van der Waals surface area contributed by atoms with E-state index in [4.69, 9.17) is 18.9 Å². The Morgan fingerprint density at radius 3 is 1.59 bits per heavy atom. The summed E-state index contributed by atoms with van der Waals surface area (Å²) in [4.78, 5) is 96.9. The highest BCUT2D eigenvalue weighted by Crippen LogP contribution is 2.15. The van der Waals surface area contributed by atoms with Gasteiger partial charge in [-0.1, -0.05) is 0 Å². The van der Waals surface area contributed by atoms with Crippen LogP contribution >= 0.6 is 0 Å². The van der Waals surface area contributed by atoms with Crippen molar-refractivity contribution in [1.29, 1.82) is 0 Å². The predicted octanol–water partition coefficient (Wildman–Crippen LogP) is -0.119. The number of esters is 3. The molecule has 2 aliphatic rings. The lowest BCUT2D eigenvalue weighted by Crippen LogP contribution is -2.32. The van der Waals surface area contributed by atoms with Gasteiger partial charge in [-0.05, 0) is 12.8 Å². The van der Waals surface area contributed by atoms with Crippen molar-refractivity contribution in [2.45, 2.75) is 70.3 Å². The van der Waals surface area contributed by atoms with E-state index in [1.54, 1.807) is 0 Å². The van der Waals surface area contributed by atoms with E-state index in [0.717, 1.165) is 0 Å². The first-order valence-corrected chi connectivity index (χ1v) is 11.9. The Hall–Kier alpha value is -3.68. The summed E-state index contributed by atoms with van der Waals surface area (Å²) in [6.07, 6.45) is -1.38. The number of imide groups is 1. The summed E-state index contributed by atoms with van der Waals surface area (Å²) in [6.45, 7) is 0.000533. The van der Waals surface area contributed by atoms with Crippen LogP contribution in [0.1, 0.15) is 64.2 Å². The van der Waals surface area contributed by atoms with Gasteiger partial charge < -0.3 is 23.8 Å². The fraction of sp³-hybridized carbons (Fsp3) is 0.652. The standard InChI is InChI=1S/C23H29NO13/c25-15-7-8-16(26)23(15)36-21(31)5-1-3-19(29)34-13-11-33-12-14-35-20(30)4-2-6-22(32)37-24-17(27)9-10-18(24)28/h23H,1-14H2. The van der Waals surface area contributed by atoms with E-state index in [-0.39, 0.29) is 90.6 Å². The quantitative estimate of drug-likeness (QED) is 0.0851. The van der Waals surface area contributed by atoms with Gasteiger partial charge in [0.25, 0.3) is 11.8 Å². The third-order valence-corrected chi connectivity index (χ3v) is 5.16. The van der Waals surface area contributed by atoms with E-state index in [9.17, 15) is 38.4 Å². The molecule has 0 aromatic rings. The van der Waals surface area contributed by atoms with E-state index >= 15 is 0 Å². The van der Waals surface area contributed by atoms with Crippen molar-refractivity contribution in [2.24, 2.45) is 0 Å². The lowest BCUT2D eigenvalue weighted by Gasteiger charge is -2.12. The predicted molar refractivity (Wildman–Crippen MR) is 117 cm³/mol. The molecule has 2 amide bonds. The number of carbonyl (C=O) groups excluding carboxylic acids is 8. The van der Waals surface area contributed by atoms with Gasteiger partial charge >= 0.3 is 23.9 Å². The van der Waals surface area contributed by atoms with Crippen LogP contribution in [0.25, 0.3) is 0 Å². The number of hydrogen-bond acceptors (Lipinski definition) is 13. The van der Waals surface area contributed by atoms with E-state index in [0.29, 0.717) is 5.06 Å². The molecule has 1 aliphatic carbocycles. The number of hydrogen-bond donors (Lipinski definition) is 0. The van der Waals surface area contributed by atoms with E-state index < -0.39 is 53.4 Å². The van der Waals surface area contributed by atoms with Crippen molar-refractivity contribution in [2.75, 3.05) is 26.4 Å². The van der Waals surface area contributed by atoms with Crippen LogP contribution in [0.3, 0.4) is 0 Å². The minimum absolute atomic E-state index is 0.00304. The highest BCUT2D eigenvalue weighted by atomic mass is 16.7. The lowest BCUT2D eigenvalue weighted by atomic mass is 10.2. The molecule has 0 aromatic carbocycles. The molecule has 0 bridgehead atoms. The largest absolute Gasteiger partial charge is 0.463 e. The van der Waals surface area contributed by atoms with Crippen LogP contribution in [0, 0.1) is 0 Å². The first-order chi connectivity index (χ1) is 17.7. The maximum Gasteiger partial charge on any atom is 0.333 e. The van der Waals surface area contributed by atoms with Crippen LogP contribution in [0.5, 0.6) is 0 Å². The van der Waals surface area contributed by atoms with Gasteiger partial charge in [0.2, 0.25) is 6.10 Å². The van der Waals surface area contributed by atoms with Crippen LogP contribution in [0.15, 0.2) is 0 Å². The molecule has 2 fully saturated rings. The van der Waals surface area contributed by atoms with Gasteiger partial charge in [-0.15, -0.1) is 5.06 Å². The molecule has 1 saturated carbocycles. The second kappa shape index (κ2) is 15.4. The maximum absolute atomic E-state index is 11.7. The van der Waals surface area contributed by atoms with Crippen molar-refractivity contribution in [3.63, 3.8) is 0 Å². The van der Waals surface area contributed by atoms with E-state index in [2.05, 4.69) is 4.84 Å². The molecule has 1 heterocycles. The van der Waals surface area contributed by atoms with Crippen LogP contribution in [-0.4, -0.2) is 84.9 Å². The smallest absolute Gasteiger partial charge is 0.333 e. The zero-order valence-corrected chi connectivity index (χ0v) is 20.2. The number of rotatable bonds is 16. The first kappa shape index (κ1) is 29.5. The molecule has 0 spiro atoms. The van der Waals surface area contributed by atoms with Gasteiger partial charge in [-0.25, -0.2) is 4.79 Å². The summed E-state index contributed by atoms with van der Waals surface area (Å²) in [7, 11) is 0. The first-order valence-electron chi connectivity index (χ1n) is 11.9. The number of ketones is 2. The molecule has 14 nitrogen and oxygen atoms in total. The summed E-state index contributed by atoms with van der Waals surface area (Å²) in [6, 6.07) is 0. The number of ether oxygens (including phenoxy) is 4. The van der Waals surface area contributed by atoms with Crippen LogP contribution in [0.4, 0.5) is 0 Å². The van der Waals surface area contributed by atoms with Crippen molar-refractivity contribution in [3.05, 3.63) is 0 Å². The van der Waals surface area contributed by atoms with Crippen molar-refractivity contribution < 1.29 is 62.1 Å². The number of carbonyl (C=O) groups is 8. The summed E-state index contributed by atoms with van der Waals surface area (Å²) in [5.74, 6) is -4.65. The Morgan fingerprint density at radius 2 is 1.08 bits per heavy atom. The Morgan fingerprint density at radius 1 is 0.622 bits per heavy atom. The van der Waals surface area contributed by atoms with E-state index in [1.807, 2.05) is 0 Å². The summed E-state index contributed by atoms with van der Waals surface area (Å²) in [5, 5.41) is 0.442. The highest BCUT2D eigenvalue weighted by Gasteiger charge is 2.36. The summed E-state index contributed by atoms with van der Waals surface area (Å²) in [5.41, 5.74) is 0. The average molecular weight is 527 g/mol. The van der Waals surface area contributed by atoms with E-state index in [1.165, 1.54) is 0 Å². The van der Waals surface area contributed by atoms with Crippen LogP contribution in [0.2, 0.25) is 0 Å². The highest BCUT2D eigenvalue weighted by molar-refractivity contribution is 6.12. The van der Waals surface area contributed by atoms with Crippen LogP contribution in [-0.2, 0) is 62.1 Å². The second-order valence-electron chi connectivity index (χ2n) is 8.11. The molecule has 0 unspecified atom stereocenters. The third kappa shape index (κ3) is 10.9. The summed E-state index contributed by atoms with van der Waals surface area (Å²) < 4.78 is 19.9.